The van der Waals surface area contributed by atoms with E-state index in [1.54, 1.807) is 39.1 Å². The number of rotatable bonds is 5. The van der Waals surface area contributed by atoms with Gasteiger partial charge in [0.15, 0.2) is 17.3 Å². The van der Waals surface area contributed by atoms with Crippen LogP contribution in [0.1, 0.15) is 29.8 Å². The summed E-state index contributed by atoms with van der Waals surface area (Å²) in [7, 11) is 0. The third-order valence-electron chi connectivity index (χ3n) is 4.78. The number of aryl methyl sites for hydroxylation is 1. The summed E-state index contributed by atoms with van der Waals surface area (Å²) < 4.78 is 28.7. The van der Waals surface area contributed by atoms with Crippen LogP contribution < -0.4 is 10.1 Å². The van der Waals surface area contributed by atoms with Crippen molar-refractivity contribution in [3.8, 4) is 11.5 Å². The largest absolute Gasteiger partial charge is 0.462 e. The fraction of sp³-hybridized carbons (Fsp3) is 0.238. The molecule has 0 saturated heterocycles. The minimum atomic E-state index is -0.655. The number of aromatic nitrogens is 4. The Morgan fingerprint density at radius 2 is 1.97 bits per heavy atom. The smallest absolute Gasteiger partial charge is 0.342 e. The van der Waals surface area contributed by atoms with Crippen molar-refractivity contribution in [3.63, 3.8) is 0 Å². The zero-order valence-electron chi connectivity index (χ0n) is 17.2. The second-order valence-corrected chi connectivity index (χ2v) is 6.68. The van der Waals surface area contributed by atoms with Crippen LogP contribution in [-0.2, 0) is 4.74 Å². The van der Waals surface area contributed by atoms with E-state index in [4.69, 9.17) is 9.47 Å². The monoisotopic (exact) mass is 425 g/mol. The van der Waals surface area contributed by atoms with E-state index in [2.05, 4.69) is 15.5 Å². The molecule has 0 spiro atoms. The second-order valence-electron chi connectivity index (χ2n) is 6.68. The van der Waals surface area contributed by atoms with Crippen LogP contribution in [0, 0.1) is 12.7 Å². The zero-order chi connectivity index (χ0) is 22.1. The molecule has 31 heavy (non-hydrogen) atoms. The molecule has 0 atom stereocenters. The van der Waals surface area contributed by atoms with Gasteiger partial charge in [0.2, 0.25) is 0 Å². The Hall–Kier alpha value is -3.95. The quantitative estimate of drug-likeness (QED) is 0.490. The van der Waals surface area contributed by atoms with Gasteiger partial charge in [-0.15, -0.1) is 0 Å². The van der Waals surface area contributed by atoms with Crippen LogP contribution in [-0.4, -0.2) is 44.5 Å². The third-order valence-corrected chi connectivity index (χ3v) is 4.78. The molecule has 9 nitrogen and oxygen atoms in total. The summed E-state index contributed by atoms with van der Waals surface area (Å²) in [4.78, 5) is 24.3. The van der Waals surface area contributed by atoms with Gasteiger partial charge in [-0.2, -0.15) is 14.9 Å². The van der Waals surface area contributed by atoms with Crippen molar-refractivity contribution in [2.24, 2.45) is 0 Å². The highest BCUT2D eigenvalue weighted by Gasteiger charge is 2.21. The first-order valence-corrected chi connectivity index (χ1v) is 9.72. The summed E-state index contributed by atoms with van der Waals surface area (Å²) in [6.45, 7) is 5.92. The minimum absolute atomic E-state index is 0.0469. The average molecular weight is 425 g/mol. The number of nitrogens with zero attached hydrogens (tertiary/aromatic N) is 4. The van der Waals surface area contributed by atoms with Gasteiger partial charge in [-0.05, 0) is 38.5 Å². The highest BCUT2D eigenvalue weighted by molar-refractivity contribution is 5.94. The number of esters is 1. The van der Waals surface area contributed by atoms with Gasteiger partial charge in [-0.1, -0.05) is 0 Å². The molecule has 0 aliphatic rings. The van der Waals surface area contributed by atoms with Gasteiger partial charge in [-0.3, -0.25) is 0 Å². The molecule has 0 fully saturated rings. The fourth-order valence-corrected chi connectivity index (χ4v) is 3.35. The van der Waals surface area contributed by atoms with E-state index >= 15 is 4.39 Å². The predicted molar refractivity (Wildman–Crippen MR) is 110 cm³/mol. The van der Waals surface area contributed by atoms with E-state index in [0.717, 1.165) is 4.68 Å². The molecule has 0 saturated carbocycles. The summed E-state index contributed by atoms with van der Waals surface area (Å²) in [5, 5.41) is 10.9. The van der Waals surface area contributed by atoms with Gasteiger partial charge in [0, 0.05) is 18.8 Å². The highest BCUT2D eigenvalue weighted by atomic mass is 19.1. The lowest BCUT2D eigenvalue weighted by atomic mass is 10.2. The Bertz CT molecular complexity index is 1310. The maximum atomic E-state index is 15.1. The Morgan fingerprint density at radius 3 is 2.71 bits per heavy atom. The molecule has 0 unspecified atom stereocenters. The Labute approximate surface area is 176 Å². The Morgan fingerprint density at radius 1 is 1.16 bits per heavy atom. The molecule has 3 aromatic heterocycles. The van der Waals surface area contributed by atoms with Crippen molar-refractivity contribution in [3.05, 3.63) is 53.7 Å². The molecule has 0 aliphatic carbocycles. The lowest BCUT2D eigenvalue weighted by Gasteiger charge is -2.10. The van der Waals surface area contributed by atoms with Gasteiger partial charge in [0.05, 0.1) is 35.5 Å². The number of hydrogen-bond acceptors (Lipinski definition) is 6. The molecule has 1 N–H and O–H groups in total. The topological polar surface area (TPSA) is 99.8 Å². The number of benzene rings is 1. The van der Waals surface area contributed by atoms with Gasteiger partial charge < -0.3 is 14.8 Å². The first-order valence-electron chi connectivity index (χ1n) is 9.72. The maximum absolute atomic E-state index is 15.1. The average Bonchev–Trinajstić information content (AvgIpc) is 3.33. The van der Waals surface area contributed by atoms with Crippen molar-refractivity contribution < 1.29 is 23.5 Å². The molecule has 1 amide bonds. The second kappa shape index (κ2) is 8.05. The van der Waals surface area contributed by atoms with Gasteiger partial charge in [0.25, 0.3) is 0 Å². The molecule has 3 heterocycles. The predicted octanol–water partition coefficient (Wildman–Crippen LogP) is 3.68. The summed E-state index contributed by atoms with van der Waals surface area (Å²) in [6, 6.07) is 4.12. The molecule has 0 bridgehead atoms. The lowest BCUT2D eigenvalue weighted by molar-refractivity contribution is 0.0525. The first kappa shape index (κ1) is 20.3. The van der Waals surface area contributed by atoms with E-state index in [-0.39, 0.29) is 17.7 Å². The molecule has 0 radical (unpaired) electrons. The van der Waals surface area contributed by atoms with Crippen LogP contribution in [0.5, 0.6) is 11.5 Å². The normalized spacial score (nSPS) is 11.1. The molecular weight excluding hydrogens is 405 g/mol. The highest BCUT2D eigenvalue weighted by Crippen LogP contribution is 2.34. The summed E-state index contributed by atoms with van der Waals surface area (Å²) >= 11 is 0. The molecule has 1 aromatic carbocycles. The van der Waals surface area contributed by atoms with Gasteiger partial charge in [-0.25, -0.2) is 18.5 Å². The Kier molecular flexibility index (Phi) is 5.28. The number of carbonyl (C=O) groups is 2. The van der Waals surface area contributed by atoms with Crippen LogP contribution >= 0.6 is 0 Å². The SMILES string of the molecule is CCNC(=O)n1ncc2c(F)c(Oc3ccnn4cc(C(=O)OCC)c(C)c34)ccc21. The van der Waals surface area contributed by atoms with Crippen molar-refractivity contribution in [1.29, 1.82) is 0 Å². The van der Waals surface area contributed by atoms with Gasteiger partial charge in [0.1, 0.15) is 5.52 Å². The van der Waals surface area contributed by atoms with Crippen LogP contribution in [0.4, 0.5) is 9.18 Å². The number of hydrogen-bond donors (Lipinski definition) is 1. The summed E-state index contributed by atoms with van der Waals surface area (Å²) in [6.07, 6.45) is 4.31. The molecule has 4 rings (SSSR count). The standard InChI is InChI=1S/C21H20FN5O4/c1-4-23-21(29)27-15-6-7-16(18(22)13(15)10-25-27)31-17-8-9-24-26-11-14(12(3)19(17)26)20(28)30-5-2/h6-11H,4-5H2,1-3H3,(H,23,29). The number of ether oxygens (including phenoxy) is 2. The number of amides is 1. The molecule has 160 valence electrons. The van der Waals surface area contributed by atoms with Crippen molar-refractivity contribution >= 4 is 28.4 Å². The molecule has 10 heteroatoms. The van der Waals surface area contributed by atoms with E-state index in [9.17, 15) is 9.59 Å². The van der Waals surface area contributed by atoms with E-state index in [1.165, 1.54) is 23.0 Å². The van der Waals surface area contributed by atoms with Crippen LogP contribution in [0.3, 0.4) is 0 Å². The first-order chi connectivity index (χ1) is 15.0. The van der Waals surface area contributed by atoms with Crippen LogP contribution in [0.2, 0.25) is 0 Å². The zero-order valence-corrected chi connectivity index (χ0v) is 17.2. The Balaban J connectivity index is 1.75. The lowest BCUT2D eigenvalue weighted by Crippen LogP contribution is -2.28. The number of carbonyl (C=O) groups excluding carboxylic acids is 2. The molecule has 4 aromatic rings. The van der Waals surface area contributed by atoms with E-state index < -0.39 is 17.8 Å². The number of fused-ring (bicyclic) bond motifs is 2. The fourth-order valence-electron chi connectivity index (χ4n) is 3.35. The number of halogens is 1. The van der Waals surface area contributed by atoms with E-state index in [0.29, 0.717) is 34.5 Å². The summed E-state index contributed by atoms with van der Waals surface area (Å²) in [5.41, 5.74) is 1.79. The van der Waals surface area contributed by atoms with Gasteiger partial charge >= 0.3 is 12.0 Å². The van der Waals surface area contributed by atoms with Crippen molar-refractivity contribution in [1.82, 2.24) is 24.7 Å². The molecule has 0 aliphatic heterocycles. The third kappa shape index (κ3) is 3.45. The molecular formula is C21H20FN5O4. The minimum Gasteiger partial charge on any atom is -0.462 e. The number of nitrogens with one attached hydrogen (secondary N) is 1. The van der Waals surface area contributed by atoms with Crippen molar-refractivity contribution in [2.45, 2.75) is 20.8 Å². The van der Waals surface area contributed by atoms with Crippen molar-refractivity contribution in [2.75, 3.05) is 13.2 Å². The maximum Gasteiger partial charge on any atom is 0.342 e. The van der Waals surface area contributed by atoms with E-state index in [1.807, 2.05) is 0 Å². The van der Waals surface area contributed by atoms with Crippen LogP contribution in [0.15, 0.2) is 36.8 Å². The summed E-state index contributed by atoms with van der Waals surface area (Å²) in [5.74, 6) is -0.855. The van der Waals surface area contributed by atoms with Crippen LogP contribution in [0.25, 0.3) is 16.4 Å².